The van der Waals surface area contributed by atoms with Crippen LogP contribution in [-0.2, 0) is 0 Å². The molecule has 122 valence electrons. The van der Waals surface area contributed by atoms with Crippen LogP contribution in [0.1, 0.15) is 54.3 Å². The van der Waals surface area contributed by atoms with Crippen LogP contribution >= 0.6 is 0 Å². The topological polar surface area (TPSA) is 66.8 Å². The van der Waals surface area contributed by atoms with E-state index in [-0.39, 0.29) is 11.3 Å². The van der Waals surface area contributed by atoms with E-state index in [1.54, 1.807) is 19.1 Å². The first-order valence-electron chi connectivity index (χ1n) is 7.79. The third-order valence-electron chi connectivity index (χ3n) is 3.28. The molecule has 22 heavy (non-hydrogen) atoms. The molecule has 0 atom stereocenters. The number of hydrogen-bond donors (Lipinski definition) is 1. The van der Waals surface area contributed by atoms with Gasteiger partial charge in [0.1, 0.15) is 11.3 Å². The summed E-state index contributed by atoms with van der Waals surface area (Å²) in [5, 5.41) is 9.25. The Morgan fingerprint density at radius 2 is 1.77 bits per heavy atom. The number of carbonyl (C=O) groups excluding carboxylic acids is 1. The number of hydrogen-bond acceptors (Lipinski definition) is 4. The highest BCUT2D eigenvalue weighted by molar-refractivity contribution is 6.01. The summed E-state index contributed by atoms with van der Waals surface area (Å²) >= 11 is 0. The molecule has 1 N–H and O–H groups in total. The number of rotatable bonds is 10. The first kappa shape index (κ1) is 18.2. The Kier molecular flexibility index (Phi) is 7.60. The van der Waals surface area contributed by atoms with Gasteiger partial charge in [-0.2, -0.15) is 0 Å². The highest BCUT2D eigenvalue weighted by Gasteiger charge is 2.17. The van der Waals surface area contributed by atoms with Crippen molar-refractivity contribution >= 4 is 11.8 Å². The molecule has 0 aliphatic heterocycles. The molecule has 1 rings (SSSR count). The van der Waals surface area contributed by atoms with Crippen LogP contribution in [-0.4, -0.2) is 48.0 Å². The third kappa shape index (κ3) is 5.15. The molecule has 0 bridgehead atoms. The Morgan fingerprint density at radius 1 is 1.14 bits per heavy atom. The van der Waals surface area contributed by atoms with Crippen LogP contribution in [0.2, 0.25) is 0 Å². The van der Waals surface area contributed by atoms with Crippen LogP contribution < -0.4 is 4.74 Å². The number of carboxylic acid groups (broad SMARTS) is 1. The molecular weight excluding hydrogens is 282 g/mol. The number of Topliss-reactive ketones (excluding diaryl/α,β-unsaturated/α-hetero) is 1. The van der Waals surface area contributed by atoms with Gasteiger partial charge in [0.25, 0.3) is 0 Å². The maximum atomic E-state index is 12.4. The Bertz CT molecular complexity index is 507. The van der Waals surface area contributed by atoms with Gasteiger partial charge in [-0.05, 0) is 51.1 Å². The van der Waals surface area contributed by atoms with Crippen LogP contribution in [0.5, 0.6) is 5.75 Å². The quantitative estimate of drug-likeness (QED) is 0.673. The van der Waals surface area contributed by atoms with E-state index in [1.165, 1.54) is 6.07 Å². The van der Waals surface area contributed by atoms with Gasteiger partial charge in [-0.15, -0.1) is 0 Å². The average molecular weight is 307 g/mol. The lowest BCUT2D eigenvalue weighted by Crippen LogP contribution is -2.31. The van der Waals surface area contributed by atoms with Crippen molar-refractivity contribution in [2.24, 2.45) is 0 Å². The molecule has 5 heteroatoms. The van der Waals surface area contributed by atoms with E-state index in [0.29, 0.717) is 24.5 Å². The minimum Gasteiger partial charge on any atom is -0.493 e. The molecule has 1 aromatic rings. The van der Waals surface area contributed by atoms with Crippen LogP contribution in [0.15, 0.2) is 18.2 Å². The molecule has 0 spiro atoms. The fourth-order valence-electron chi connectivity index (χ4n) is 2.35. The second kappa shape index (κ2) is 9.20. The van der Waals surface area contributed by atoms with Crippen molar-refractivity contribution in [1.29, 1.82) is 0 Å². The number of nitrogens with zero attached hydrogens (tertiary/aromatic N) is 1. The smallest absolute Gasteiger partial charge is 0.339 e. The van der Waals surface area contributed by atoms with E-state index in [4.69, 9.17) is 4.74 Å². The van der Waals surface area contributed by atoms with Crippen LogP contribution in [0, 0.1) is 0 Å². The summed E-state index contributed by atoms with van der Waals surface area (Å²) in [6, 6.07) is 4.60. The number of carboxylic acids is 1. The standard InChI is InChI=1S/C17H25NO4/c1-4-9-18(10-5-2)12-15(19)13-7-8-16(22-6-3)14(11-13)17(20)21/h7-8,11H,4-6,9-10,12H2,1-3H3,(H,20,21). The molecule has 0 radical (unpaired) electrons. The molecule has 0 unspecified atom stereocenters. The minimum atomic E-state index is -1.09. The molecule has 0 aliphatic carbocycles. The van der Waals surface area contributed by atoms with Gasteiger partial charge in [-0.25, -0.2) is 4.79 Å². The van der Waals surface area contributed by atoms with Crippen molar-refractivity contribution in [3.8, 4) is 5.75 Å². The lowest BCUT2D eigenvalue weighted by molar-refractivity contribution is 0.0692. The third-order valence-corrected chi connectivity index (χ3v) is 3.28. The van der Waals surface area contributed by atoms with Gasteiger partial charge in [-0.3, -0.25) is 9.69 Å². The van der Waals surface area contributed by atoms with Crippen molar-refractivity contribution in [3.05, 3.63) is 29.3 Å². The van der Waals surface area contributed by atoms with E-state index in [2.05, 4.69) is 18.7 Å². The first-order chi connectivity index (χ1) is 10.5. The van der Waals surface area contributed by atoms with Gasteiger partial charge in [0, 0.05) is 5.56 Å². The SMILES string of the molecule is CCCN(CCC)CC(=O)c1ccc(OCC)c(C(=O)O)c1. The summed E-state index contributed by atoms with van der Waals surface area (Å²) in [5.74, 6) is -0.852. The van der Waals surface area contributed by atoms with E-state index in [1.807, 2.05) is 0 Å². The zero-order valence-corrected chi connectivity index (χ0v) is 13.6. The lowest BCUT2D eigenvalue weighted by Gasteiger charge is -2.20. The van der Waals surface area contributed by atoms with Crippen LogP contribution in [0.4, 0.5) is 0 Å². The Morgan fingerprint density at radius 3 is 2.27 bits per heavy atom. The summed E-state index contributed by atoms with van der Waals surface area (Å²) in [6.45, 7) is 8.37. The number of ether oxygens (including phenoxy) is 1. The van der Waals surface area contributed by atoms with E-state index in [0.717, 1.165) is 25.9 Å². The van der Waals surface area contributed by atoms with E-state index >= 15 is 0 Å². The van der Waals surface area contributed by atoms with Gasteiger partial charge >= 0.3 is 5.97 Å². The summed E-state index contributed by atoms with van der Waals surface area (Å²) < 4.78 is 5.29. The van der Waals surface area contributed by atoms with Crippen molar-refractivity contribution in [2.75, 3.05) is 26.2 Å². The predicted octanol–water partition coefficient (Wildman–Crippen LogP) is 3.09. The second-order valence-corrected chi connectivity index (χ2v) is 5.15. The summed E-state index contributed by atoms with van der Waals surface area (Å²) in [4.78, 5) is 25.8. The Balaban J connectivity index is 2.93. The lowest BCUT2D eigenvalue weighted by atomic mass is 10.1. The molecule has 5 nitrogen and oxygen atoms in total. The highest BCUT2D eigenvalue weighted by atomic mass is 16.5. The van der Waals surface area contributed by atoms with Gasteiger partial charge in [-0.1, -0.05) is 13.8 Å². The maximum absolute atomic E-state index is 12.4. The largest absolute Gasteiger partial charge is 0.493 e. The van der Waals surface area contributed by atoms with Gasteiger partial charge in [0.15, 0.2) is 5.78 Å². The van der Waals surface area contributed by atoms with Gasteiger partial charge in [0.2, 0.25) is 0 Å². The summed E-state index contributed by atoms with van der Waals surface area (Å²) in [5.41, 5.74) is 0.447. The molecular formula is C17H25NO4. The monoisotopic (exact) mass is 307 g/mol. The molecule has 0 heterocycles. The molecule has 0 saturated heterocycles. The number of aromatic carboxylic acids is 1. The number of benzene rings is 1. The Labute approximate surface area is 131 Å². The van der Waals surface area contributed by atoms with Crippen molar-refractivity contribution in [2.45, 2.75) is 33.6 Å². The van der Waals surface area contributed by atoms with Crippen molar-refractivity contribution in [3.63, 3.8) is 0 Å². The van der Waals surface area contributed by atoms with Crippen molar-refractivity contribution in [1.82, 2.24) is 4.90 Å². The zero-order chi connectivity index (χ0) is 16.5. The van der Waals surface area contributed by atoms with E-state index in [9.17, 15) is 14.7 Å². The van der Waals surface area contributed by atoms with Gasteiger partial charge in [0.05, 0.1) is 13.2 Å². The molecule has 0 aromatic heterocycles. The molecule has 1 aromatic carbocycles. The summed E-state index contributed by atoms with van der Waals surface area (Å²) in [6.07, 6.45) is 1.97. The molecule has 0 saturated carbocycles. The summed E-state index contributed by atoms with van der Waals surface area (Å²) in [7, 11) is 0. The number of carbonyl (C=O) groups is 2. The first-order valence-corrected chi connectivity index (χ1v) is 7.79. The van der Waals surface area contributed by atoms with Gasteiger partial charge < -0.3 is 9.84 Å². The number of ketones is 1. The zero-order valence-electron chi connectivity index (χ0n) is 13.6. The normalized spacial score (nSPS) is 10.7. The second-order valence-electron chi connectivity index (χ2n) is 5.15. The minimum absolute atomic E-state index is 0.0326. The molecule has 0 aliphatic rings. The molecule has 0 amide bonds. The molecule has 0 fully saturated rings. The van der Waals surface area contributed by atoms with E-state index < -0.39 is 5.97 Å². The maximum Gasteiger partial charge on any atom is 0.339 e. The van der Waals surface area contributed by atoms with Crippen molar-refractivity contribution < 1.29 is 19.4 Å². The van der Waals surface area contributed by atoms with Crippen LogP contribution in [0.3, 0.4) is 0 Å². The fraction of sp³-hybridized carbons (Fsp3) is 0.529. The average Bonchev–Trinajstić information content (AvgIpc) is 2.48. The highest BCUT2D eigenvalue weighted by Crippen LogP contribution is 2.21. The van der Waals surface area contributed by atoms with Crippen LogP contribution in [0.25, 0.3) is 0 Å². The fourth-order valence-corrected chi connectivity index (χ4v) is 2.35. The Hall–Kier alpha value is -1.88. The predicted molar refractivity (Wildman–Crippen MR) is 85.9 cm³/mol.